The number of hydrogen-bond acceptors (Lipinski definition) is 3. The number of aromatic nitrogens is 3. The summed E-state index contributed by atoms with van der Waals surface area (Å²) in [7, 11) is 0. The zero-order valence-corrected chi connectivity index (χ0v) is 12.8. The summed E-state index contributed by atoms with van der Waals surface area (Å²) in [6, 6.07) is 3.66. The van der Waals surface area contributed by atoms with Crippen LogP contribution in [0.15, 0.2) is 24.8 Å². The van der Waals surface area contributed by atoms with Crippen molar-refractivity contribution in [2.45, 2.75) is 25.9 Å². The van der Waals surface area contributed by atoms with Gasteiger partial charge in [0.1, 0.15) is 12.7 Å². The van der Waals surface area contributed by atoms with Crippen molar-refractivity contribution in [1.82, 2.24) is 19.7 Å². The Balaban J connectivity index is 1.66. The lowest BCUT2D eigenvalue weighted by atomic mass is 9.99. The SMILES string of the molecule is O=C(CCn1cncn1)N1CCc2cc(Cl)cc(Cl)c2C1. The number of carbonyl (C=O) groups is 1. The van der Waals surface area contributed by atoms with Crippen LogP contribution in [-0.2, 0) is 24.3 Å². The normalized spacial score (nSPS) is 14.1. The molecule has 0 radical (unpaired) electrons. The van der Waals surface area contributed by atoms with E-state index in [0.29, 0.717) is 36.1 Å². The molecule has 110 valence electrons. The Bertz CT molecular complexity index is 657. The summed E-state index contributed by atoms with van der Waals surface area (Å²) in [6.07, 6.45) is 4.26. The molecule has 0 saturated heterocycles. The fourth-order valence-electron chi connectivity index (χ4n) is 2.51. The topological polar surface area (TPSA) is 51.0 Å². The third kappa shape index (κ3) is 3.19. The van der Waals surface area contributed by atoms with Gasteiger partial charge in [0.2, 0.25) is 5.91 Å². The molecule has 0 atom stereocenters. The van der Waals surface area contributed by atoms with Gasteiger partial charge in [-0.15, -0.1) is 0 Å². The van der Waals surface area contributed by atoms with Crippen molar-refractivity contribution < 1.29 is 4.79 Å². The van der Waals surface area contributed by atoms with Gasteiger partial charge in [0.15, 0.2) is 0 Å². The van der Waals surface area contributed by atoms with Crippen molar-refractivity contribution in [2.75, 3.05) is 6.54 Å². The molecule has 2 aromatic rings. The summed E-state index contributed by atoms with van der Waals surface area (Å²) in [5.41, 5.74) is 2.13. The maximum Gasteiger partial charge on any atom is 0.224 e. The minimum absolute atomic E-state index is 0.0992. The monoisotopic (exact) mass is 324 g/mol. The first-order valence-corrected chi connectivity index (χ1v) is 7.46. The first-order chi connectivity index (χ1) is 10.1. The van der Waals surface area contributed by atoms with Gasteiger partial charge in [-0.05, 0) is 29.7 Å². The molecular weight excluding hydrogens is 311 g/mol. The molecule has 1 aliphatic rings. The van der Waals surface area contributed by atoms with Gasteiger partial charge in [-0.25, -0.2) is 4.98 Å². The van der Waals surface area contributed by atoms with E-state index in [0.717, 1.165) is 17.5 Å². The quantitative estimate of drug-likeness (QED) is 0.871. The summed E-state index contributed by atoms with van der Waals surface area (Å²) in [5, 5.41) is 5.27. The van der Waals surface area contributed by atoms with E-state index in [-0.39, 0.29) is 5.91 Å². The minimum Gasteiger partial charge on any atom is -0.338 e. The minimum atomic E-state index is 0.0992. The molecule has 1 aliphatic heterocycles. The van der Waals surface area contributed by atoms with Gasteiger partial charge in [-0.2, -0.15) is 5.10 Å². The lowest BCUT2D eigenvalue weighted by molar-refractivity contribution is -0.132. The second-order valence-electron chi connectivity index (χ2n) is 5.00. The Hall–Kier alpha value is -1.59. The Morgan fingerprint density at radius 1 is 1.33 bits per heavy atom. The molecular formula is C14H14Cl2N4O. The maximum atomic E-state index is 12.3. The summed E-state index contributed by atoms with van der Waals surface area (Å²) >= 11 is 12.2. The van der Waals surface area contributed by atoms with Crippen molar-refractivity contribution in [2.24, 2.45) is 0 Å². The highest BCUT2D eigenvalue weighted by atomic mass is 35.5. The van der Waals surface area contributed by atoms with Crippen molar-refractivity contribution >= 4 is 29.1 Å². The van der Waals surface area contributed by atoms with Gasteiger partial charge < -0.3 is 4.90 Å². The van der Waals surface area contributed by atoms with Crippen LogP contribution in [-0.4, -0.2) is 32.1 Å². The highest BCUT2D eigenvalue weighted by molar-refractivity contribution is 6.35. The van der Waals surface area contributed by atoms with E-state index < -0.39 is 0 Å². The van der Waals surface area contributed by atoms with Gasteiger partial charge in [0, 0.05) is 29.6 Å². The average Bonchev–Trinajstić information content (AvgIpc) is 2.97. The summed E-state index contributed by atoms with van der Waals surface area (Å²) in [5.74, 6) is 0.0992. The van der Waals surface area contributed by atoms with E-state index in [1.807, 2.05) is 11.0 Å². The second kappa shape index (κ2) is 6.03. The third-order valence-electron chi connectivity index (χ3n) is 3.63. The molecule has 0 spiro atoms. The number of aryl methyl sites for hydroxylation is 1. The third-order valence-corrected chi connectivity index (χ3v) is 4.18. The van der Waals surface area contributed by atoms with E-state index in [1.165, 1.54) is 6.33 Å². The van der Waals surface area contributed by atoms with Gasteiger partial charge in [-0.1, -0.05) is 23.2 Å². The van der Waals surface area contributed by atoms with Crippen LogP contribution in [0.4, 0.5) is 0 Å². The summed E-state index contributed by atoms with van der Waals surface area (Å²) in [4.78, 5) is 18.0. The van der Waals surface area contributed by atoms with E-state index in [4.69, 9.17) is 23.2 Å². The molecule has 0 fully saturated rings. The number of hydrogen-bond donors (Lipinski definition) is 0. The molecule has 3 rings (SSSR count). The fourth-order valence-corrected chi connectivity index (χ4v) is 3.11. The van der Waals surface area contributed by atoms with Gasteiger partial charge in [0.05, 0.1) is 6.54 Å². The summed E-state index contributed by atoms with van der Waals surface area (Å²) < 4.78 is 1.66. The van der Waals surface area contributed by atoms with Crippen molar-refractivity contribution in [3.63, 3.8) is 0 Å². The molecule has 0 aliphatic carbocycles. The van der Waals surface area contributed by atoms with Crippen LogP contribution in [0.1, 0.15) is 17.5 Å². The number of nitrogens with zero attached hydrogens (tertiary/aromatic N) is 4. The van der Waals surface area contributed by atoms with Crippen LogP contribution in [0.25, 0.3) is 0 Å². The fraction of sp³-hybridized carbons (Fsp3) is 0.357. The first-order valence-electron chi connectivity index (χ1n) is 6.70. The van der Waals surface area contributed by atoms with E-state index in [1.54, 1.807) is 17.1 Å². The van der Waals surface area contributed by atoms with Crippen LogP contribution >= 0.6 is 23.2 Å². The van der Waals surface area contributed by atoms with Crippen molar-refractivity contribution in [3.05, 3.63) is 46.0 Å². The lowest BCUT2D eigenvalue weighted by Crippen LogP contribution is -2.36. The lowest BCUT2D eigenvalue weighted by Gasteiger charge is -2.29. The number of rotatable bonds is 3. The van der Waals surface area contributed by atoms with Crippen molar-refractivity contribution in [1.29, 1.82) is 0 Å². The average molecular weight is 325 g/mol. The highest BCUT2D eigenvalue weighted by Crippen LogP contribution is 2.30. The molecule has 0 saturated carbocycles. The molecule has 5 nitrogen and oxygen atoms in total. The number of benzene rings is 1. The van der Waals surface area contributed by atoms with Crippen LogP contribution < -0.4 is 0 Å². The molecule has 2 heterocycles. The predicted octanol–water partition coefficient (Wildman–Crippen LogP) is 2.56. The van der Waals surface area contributed by atoms with Gasteiger partial charge in [0.25, 0.3) is 0 Å². The Labute approximate surface area is 132 Å². The molecule has 7 heteroatoms. The number of fused-ring (bicyclic) bond motifs is 1. The Morgan fingerprint density at radius 3 is 2.95 bits per heavy atom. The molecule has 0 bridgehead atoms. The zero-order valence-electron chi connectivity index (χ0n) is 11.3. The summed E-state index contributed by atoms with van der Waals surface area (Å²) in [6.45, 7) is 1.78. The van der Waals surface area contributed by atoms with Crippen LogP contribution in [0.5, 0.6) is 0 Å². The van der Waals surface area contributed by atoms with Gasteiger partial charge >= 0.3 is 0 Å². The van der Waals surface area contributed by atoms with Gasteiger partial charge in [-0.3, -0.25) is 9.48 Å². The highest BCUT2D eigenvalue weighted by Gasteiger charge is 2.22. The molecule has 0 unspecified atom stereocenters. The first kappa shape index (κ1) is 14.4. The van der Waals surface area contributed by atoms with E-state index in [2.05, 4.69) is 10.1 Å². The standard InChI is InChI=1S/C14H14Cl2N4O/c15-11-5-10-1-3-19(7-12(10)13(16)6-11)14(21)2-4-20-9-17-8-18-20/h5-6,8-9H,1-4,7H2. The van der Waals surface area contributed by atoms with Crippen LogP contribution in [0, 0.1) is 0 Å². The Morgan fingerprint density at radius 2 is 2.19 bits per heavy atom. The van der Waals surface area contributed by atoms with Crippen molar-refractivity contribution in [3.8, 4) is 0 Å². The molecule has 21 heavy (non-hydrogen) atoms. The largest absolute Gasteiger partial charge is 0.338 e. The van der Waals surface area contributed by atoms with Crippen LogP contribution in [0.2, 0.25) is 10.0 Å². The number of amides is 1. The predicted molar refractivity (Wildman–Crippen MR) is 80.2 cm³/mol. The van der Waals surface area contributed by atoms with E-state index in [9.17, 15) is 4.79 Å². The molecule has 1 aromatic heterocycles. The molecule has 1 aromatic carbocycles. The van der Waals surface area contributed by atoms with Crippen LogP contribution in [0.3, 0.4) is 0 Å². The number of carbonyl (C=O) groups excluding carboxylic acids is 1. The molecule has 0 N–H and O–H groups in total. The van der Waals surface area contributed by atoms with E-state index >= 15 is 0 Å². The smallest absolute Gasteiger partial charge is 0.224 e. The molecule has 1 amide bonds. The second-order valence-corrected chi connectivity index (χ2v) is 5.84. The maximum absolute atomic E-state index is 12.3. The number of halogens is 2. The Kier molecular flexibility index (Phi) is 4.12. The zero-order chi connectivity index (χ0) is 14.8.